The fraction of sp³-hybridized carbons (Fsp3) is 0. The van der Waals surface area contributed by atoms with Crippen LogP contribution in [0.2, 0.25) is 0 Å². The molecule has 0 spiro atoms. The summed E-state index contributed by atoms with van der Waals surface area (Å²) in [6.07, 6.45) is 0. The van der Waals surface area contributed by atoms with Gasteiger partial charge in [0.05, 0.1) is 0 Å². The third kappa shape index (κ3) is 12.0. The third-order valence-electron chi connectivity index (χ3n) is 9.89. The summed E-state index contributed by atoms with van der Waals surface area (Å²) in [7, 11) is -3.47. The van der Waals surface area contributed by atoms with Crippen LogP contribution >= 0.6 is 23.8 Å². The second kappa shape index (κ2) is 23.4. The molecule has 0 saturated carbocycles. The van der Waals surface area contributed by atoms with Crippen LogP contribution in [0, 0.1) is 0 Å². The van der Waals surface area contributed by atoms with Gasteiger partial charge in [0.1, 0.15) is 71.5 Å². The molecule has 3 N–H and O–H groups in total. The van der Waals surface area contributed by atoms with Gasteiger partial charge in [0.15, 0.2) is 17.2 Å². The van der Waals surface area contributed by atoms with Crippen molar-refractivity contribution in [2.45, 2.75) is 0 Å². The summed E-state index contributed by atoms with van der Waals surface area (Å²) in [5, 5.41) is 41.5. The van der Waals surface area contributed by atoms with Crippen LogP contribution in [0.1, 0.15) is 0 Å². The van der Waals surface area contributed by atoms with Crippen molar-refractivity contribution < 1.29 is 35.4 Å². The van der Waals surface area contributed by atoms with Crippen LogP contribution in [0.25, 0.3) is 0 Å². The van der Waals surface area contributed by atoms with Gasteiger partial charge in [0.2, 0.25) is 0 Å². The molecule has 0 atom stereocenters. The predicted octanol–water partition coefficient (Wildman–Crippen LogP) is 8.65. The number of phenolic OH excluding ortho intramolecular Hbond substituents is 3. The standard InChI is InChI=1S/3C18H15OP.Tc/c3*19-17-13-7-8-14-18(17)20(15-9-3-1-4-10-15)16-11-5-2-6-12-16;/h3*1-14,19H;/p+3/i;;;1+1. The average molecular weight is 937 g/mol. The van der Waals surface area contributed by atoms with Crippen molar-refractivity contribution in [3.63, 3.8) is 0 Å². The van der Waals surface area contributed by atoms with E-state index in [1.54, 1.807) is 18.2 Å². The Bertz CT molecular complexity index is 2230. The maximum absolute atomic E-state index is 10.2. The summed E-state index contributed by atoms with van der Waals surface area (Å²) in [4.78, 5) is 0. The van der Waals surface area contributed by atoms with Gasteiger partial charge in [-0.1, -0.05) is 146 Å². The Morgan fingerprint density at radius 1 is 0.197 bits per heavy atom. The molecule has 0 aliphatic carbocycles. The first-order valence-corrected chi connectivity index (χ1v) is 24.4. The van der Waals surface area contributed by atoms with Gasteiger partial charge in [-0.05, 0) is 109 Å². The number of hydrogen-bond donors (Lipinski definition) is 3. The zero-order chi connectivity index (χ0) is 41.4. The Labute approximate surface area is 376 Å². The second-order valence-electron chi connectivity index (χ2n) is 13.9. The summed E-state index contributed by atoms with van der Waals surface area (Å²) in [5.74, 6) is 1.15. The van der Waals surface area contributed by atoms with Crippen LogP contribution in [0.3, 0.4) is 0 Å². The van der Waals surface area contributed by atoms with E-state index in [9.17, 15) is 15.3 Å². The maximum Gasteiger partial charge on any atom is 0.158 e. The van der Waals surface area contributed by atoms with E-state index in [1.165, 1.54) is 31.8 Å². The second-order valence-corrected chi connectivity index (χ2v) is 21.2. The van der Waals surface area contributed by atoms with Crippen molar-refractivity contribution in [1.29, 1.82) is 0 Å². The molecule has 0 aliphatic heterocycles. The number of para-hydroxylation sites is 3. The average Bonchev–Trinajstić information content (AvgIpc) is 3.31. The van der Waals surface area contributed by atoms with E-state index in [0.717, 1.165) is 15.9 Å². The molecule has 0 fully saturated rings. The molecule has 61 heavy (non-hydrogen) atoms. The summed E-state index contributed by atoms with van der Waals surface area (Å²) in [6.45, 7) is 0. The smallest absolute Gasteiger partial charge is 0.158 e. The Hall–Kier alpha value is -5.68. The van der Waals surface area contributed by atoms with Crippen molar-refractivity contribution in [2.24, 2.45) is 0 Å². The van der Waals surface area contributed by atoms with E-state index in [1.807, 2.05) is 91.0 Å². The molecule has 1 radical (unpaired) electrons. The summed E-state index contributed by atoms with van der Waals surface area (Å²) >= 11 is 0. The zero-order valence-corrected chi connectivity index (χ0v) is 38.3. The molecule has 9 aromatic carbocycles. The molecular weight excluding hydrogens is 888 g/mol. The minimum absolute atomic E-state index is 0. The number of phenols is 3. The van der Waals surface area contributed by atoms with Gasteiger partial charge in [-0.25, -0.2) is 0 Å². The quantitative estimate of drug-likeness (QED) is 0.127. The summed E-state index contributed by atoms with van der Waals surface area (Å²) < 4.78 is 0. The normalized spacial score (nSPS) is 10.5. The first kappa shape index (κ1) is 44.9. The van der Waals surface area contributed by atoms with Gasteiger partial charge in [-0.2, -0.15) is 0 Å². The van der Waals surface area contributed by atoms with Gasteiger partial charge >= 0.3 is 0 Å². The van der Waals surface area contributed by atoms with Gasteiger partial charge in [-0.15, -0.1) is 0 Å². The molecule has 9 rings (SSSR count). The van der Waals surface area contributed by atoms with Crippen molar-refractivity contribution in [1.82, 2.24) is 0 Å². The van der Waals surface area contributed by atoms with E-state index in [2.05, 4.69) is 146 Å². The third-order valence-corrected chi connectivity index (χ3v) is 18.2. The van der Waals surface area contributed by atoms with E-state index in [-0.39, 0.29) is 20.1 Å². The Morgan fingerprint density at radius 2 is 0.344 bits per heavy atom. The number of benzene rings is 9. The van der Waals surface area contributed by atoms with Crippen LogP contribution in [0.15, 0.2) is 255 Å². The molecule has 0 unspecified atom stereocenters. The van der Waals surface area contributed by atoms with E-state index in [4.69, 9.17) is 0 Å². The predicted molar refractivity (Wildman–Crippen MR) is 265 cm³/mol. The minimum Gasteiger partial charge on any atom is -0.504 e. The van der Waals surface area contributed by atoms with Gasteiger partial charge in [0, 0.05) is 20.1 Å². The minimum atomic E-state index is -1.16. The molecule has 0 saturated heterocycles. The Balaban J connectivity index is 0.000000152. The SMILES string of the molecule is Oc1ccccc1[PH+](c1ccccc1)c1ccccc1.Oc1ccccc1[PH+](c1ccccc1)c1ccccc1.Oc1ccccc1[PH+](c1ccccc1)c1ccccc1.[99Tc]. The molecular formula is C54H48O3P3Tc+3. The van der Waals surface area contributed by atoms with Crippen LogP contribution in [0.4, 0.5) is 0 Å². The van der Waals surface area contributed by atoms with Gasteiger partial charge < -0.3 is 15.3 Å². The maximum atomic E-state index is 10.2. The number of aromatic hydroxyl groups is 3. The van der Waals surface area contributed by atoms with Crippen LogP contribution < -0.4 is 47.7 Å². The summed E-state index contributed by atoms with van der Waals surface area (Å²) in [6, 6.07) is 85.6. The first-order chi connectivity index (χ1) is 29.6. The van der Waals surface area contributed by atoms with Crippen LogP contribution in [-0.4, -0.2) is 15.3 Å². The molecule has 0 amide bonds. The Morgan fingerprint density at radius 3 is 0.508 bits per heavy atom. The first-order valence-electron chi connectivity index (χ1n) is 19.9. The summed E-state index contributed by atoms with van der Waals surface area (Å²) in [5.41, 5.74) is 0. The van der Waals surface area contributed by atoms with Crippen molar-refractivity contribution in [3.8, 4) is 17.2 Å². The van der Waals surface area contributed by atoms with E-state index >= 15 is 0 Å². The number of rotatable bonds is 9. The zero-order valence-electron chi connectivity index (χ0n) is 33.5. The number of hydrogen-bond acceptors (Lipinski definition) is 3. The van der Waals surface area contributed by atoms with Crippen LogP contribution in [0.5, 0.6) is 17.2 Å². The molecule has 301 valence electrons. The molecule has 0 bridgehead atoms. The topological polar surface area (TPSA) is 60.7 Å². The van der Waals surface area contributed by atoms with Crippen molar-refractivity contribution >= 4 is 71.5 Å². The van der Waals surface area contributed by atoms with Crippen molar-refractivity contribution in [2.75, 3.05) is 0 Å². The van der Waals surface area contributed by atoms with Crippen molar-refractivity contribution in [3.05, 3.63) is 255 Å². The van der Waals surface area contributed by atoms with Gasteiger partial charge in [0.25, 0.3) is 0 Å². The molecule has 9 aromatic rings. The molecule has 0 heterocycles. The molecule has 0 aliphatic rings. The largest absolute Gasteiger partial charge is 0.504 e. The Kier molecular flexibility index (Phi) is 17.2. The van der Waals surface area contributed by atoms with Gasteiger partial charge in [-0.3, -0.25) is 0 Å². The molecule has 0 aromatic heterocycles. The fourth-order valence-corrected chi connectivity index (χ4v) is 14.9. The monoisotopic (exact) mass is 936 g/mol. The van der Waals surface area contributed by atoms with E-state index < -0.39 is 23.8 Å². The van der Waals surface area contributed by atoms with Crippen LogP contribution in [-0.2, 0) is 20.1 Å². The molecule has 3 nitrogen and oxygen atoms in total. The fourth-order valence-electron chi connectivity index (χ4n) is 7.12. The van der Waals surface area contributed by atoms with E-state index in [0.29, 0.717) is 17.2 Å². The molecule has 7 heteroatoms.